The summed E-state index contributed by atoms with van der Waals surface area (Å²) < 4.78 is 49.7. The van der Waals surface area contributed by atoms with Crippen LogP contribution in [0, 0.1) is 5.41 Å². The van der Waals surface area contributed by atoms with Gasteiger partial charge in [-0.3, -0.25) is 0 Å². The first-order valence-electron chi connectivity index (χ1n) is 7.00. The van der Waals surface area contributed by atoms with Crippen molar-refractivity contribution in [3.63, 3.8) is 0 Å². The maximum absolute atomic E-state index is 12.7. The van der Waals surface area contributed by atoms with Gasteiger partial charge in [0.1, 0.15) is 0 Å². The van der Waals surface area contributed by atoms with Gasteiger partial charge in [0.15, 0.2) is 9.84 Å². The molecule has 0 bridgehead atoms. The number of hydrogen-bond donors (Lipinski definition) is 1. The standard InChI is InChI=1S/C14H22N2O4S2.ClH/c1-14(2)10-16(9-8-13(14)15)22(19,20)12-6-4-11(5-7-12)21(3,17)18;/h4-7,13H,8-10,15H2,1-3H3;1H. The van der Waals surface area contributed by atoms with Crippen LogP contribution >= 0.6 is 12.4 Å². The highest BCUT2D eigenvalue weighted by atomic mass is 35.5. The molecule has 0 saturated carbocycles. The SMILES string of the molecule is CC1(C)CN(S(=O)(=O)c2ccc(S(C)(=O)=O)cc2)CCC1N.Cl. The second-order valence-corrected chi connectivity index (χ2v) is 10.4. The first kappa shape index (κ1) is 20.4. The number of halogens is 1. The summed E-state index contributed by atoms with van der Waals surface area (Å²) in [5, 5.41) is 0. The number of hydrogen-bond acceptors (Lipinski definition) is 5. The van der Waals surface area contributed by atoms with Crippen molar-refractivity contribution in [1.29, 1.82) is 0 Å². The van der Waals surface area contributed by atoms with Crippen LogP contribution in [0.2, 0.25) is 0 Å². The van der Waals surface area contributed by atoms with Gasteiger partial charge < -0.3 is 5.73 Å². The van der Waals surface area contributed by atoms with Crippen molar-refractivity contribution in [3.8, 4) is 0 Å². The van der Waals surface area contributed by atoms with E-state index < -0.39 is 19.9 Å². The van der Waals surface area contributed by atoms with E-state index in [1.807, 2.05) is 13.8 Å². The summed E-state index contributed by atoms with van der Waals surface area (Å²) in [6, 6.07) is 5.29. The summed E-state index contributed by atoms with van der Waals surface area (Å²) in [5.74, 6) is 0. The number of piperidine rings is 1. The zero-order valence-corrected chi connectivity index (χ0v) is 15.8. The molecule has 0 aliphatic carbocycles. The molecule has 2 N–H and O–H groups in total. The molecular weight excluding hydrogens is 360 g/mol. The van der Waals surface area contributed by atoms with Crippen molar-refractivity contribution in [2.75, 3.05) is 19.3 Å². The fourth-order valence-electron chi connectivity index (χ4n) is 2.54. The molecule has 0 spiro atoms. The predicted octanol–water partition coefficient (Wildman–Crippen LogP) is 1.26. The average Bonchev–Trinajstić information content (AvgIpc) is 2.41. The first-order chi connectivity index (χ1) is 9.94. The predicted molar refractivity (Wildman–Crippen MR) is 91.9 cm³/mol. The third-order valence-electron chi connectivity index (χ3n) is 4.17. The van der Waals surface area contributed by atoms with E-state index in [0.717, 1.165) is 6.26 Å². The highest BCUT2D eigenvalue weighted by molar-refractivity contribution is 7.90. The lowest BCUT2D eigenvalue weighted by Gasteiger charge is -2.41. The molecule has 1 atom stereocenters. The van der Waals surface area contributed by atoms with Crippen LogP contribution in [-0.2, 0) is 19.9 Å². The Kier molecular flexibility index (Phi) is 5.92. The number of nitrogens with two attached hydrogens (primary N) is 1. The molecule has 0 amide bonds. The monoisotopic (exact) mass is 382 g/mol. The maximum Gasteiger partial charge on any atom is 0.243 e. The van der Waals surface area contributed by atoms with Crippen LogP contribution in [0.1, 0.15) is 20.3 Å². The molecule has 1 saturated heterocycles. The molecule has 23 heavy (non-hydrogen) atoms. The van der Waals surface area contributed by atoms with Crippen molar-refractivity contribution >= 4 is 32.3 Å². The van der Waals surface area contributed by atoms with Crippen LogP contribution in [0.4, 0.5) is 0 Å². The molecule has 0 aromatic heterocycles. The van der Waals surface area contributed by atoms with Crippen molar-refractivity contribution < 1.29 is 16.8 Å². The van der Waals surface area contributed by atoms with Crippen LogP contribution in [0.15, 0.2) is 34.1 Å². The smallest absolute Gasteiger partial charge is 0.243 e. The van der Waals surface area contributed by atoms with Gasteiger partial charge in [0, 0.05) is 25.4 Å². The molecule has 1 unspecified atom stereocenters. The minimum absolute atomic E-state index is 0. The van der Waals surface area contributed by atoms with E-state index in [0.29, 0.717) is 19.5 Å². The molecular formula is C14H23ClN2O4S2. The number of benzene rings is 1. The Labute approximate surface area is 144 Å². The van der Waals surface area contributed by atoms with E-state index >= 15 is 0 Å². The fraction of sp³-hybridized carbons (Fsp3) is 0.571. The Morgan fingerprint density at radius 1 is 1.09 bits per heavy atom. The van der Waals surface area contributed by atoms with Crippen LogP contribution in [-0.4, -0.2) is 46.5 Å². The van der Waals surface area contributed by atoms with Gasteiger partial charge in [-0.25, -0.2) is 16.8 Å². The van der Waals surface area contributed by atoms with Crippen LogP contribution in [0.3, 0.4) is 0 Å². The Hall–Kier alpha value is -0.670. The van der Waals surface area contributed by atoms with E-state index in [1.165, 1.54) is 28.6 Å². The van der Waals surface area contributed by atoms with Gasteiger partial charge >= 0.3 is 0 Å². The van der Waals surface area contributed by atoms with E-state index in [-0.39, 0.29) is 33.7 Å². The molecule has 1 aromatic carbocycles. The van der Waals surface area contributed by atoms with Gasteiger partial charge in [-0.15, -0.1) is 12.4 Å². The zero-order chi connectivity index (χ0) is 16.8. The fourth-order valence-corrected chi connectivity index (χ4v) is 4.79. The molecule has 6 nitrogen and oxygen atoms in total. The number of rotatable bonds is 3. The third kappa shape index (κ3) is 4.24. The highest BCUT2D eigenvalue weighted by Gasteiger charge is 2.38. The van der Waals surface area contributed by atoms with Gasteiger partial charge in [0.2, 0.25) is 10.0 Å². The summed E-state index contributed by atoms with van der Waals surface area (Å²) in [4.78, 5) is 0.207. The normalized spacial score (nSPS) is 22.3. The number of sulfonamides is 1. The lowest BCUT2D eigenvalue weighted by molar-refractivity contribution is 0.155. The summed E-state index contributed by atoms with van der Waals surface area (Å²) >= 11 is 0. The Morgan fingerprint density at radius 2 is 1.57 bits per heavy atom. The first-order valence-corrected chi connectivity index (χ1v) is 10.3. The van der Waals surface area contributed by atoms with Crippen molar-refractivity contribution in [3.05, 3.63) is 24.3 Å². The Balaban J connectivity index is 0.00000264. The molecule has 1 aliphatic rings. The van der Waals surface area contributed by atoms with Gasteiger partial charge in [-0.05, 0) is 36.1 Å². The molecule has 1 fully saturated rings. The molecule has 132 valence electrons. The average molecular weight is 383 g/mol. The van der Waals surface area contributed by atoms with Gasteiger partial charge in [0.25, 0.3) is 0 Å². The van der Waals surface area contributed by atoms with Crippen molar-refractivity contribution in [1.82, 2.24) is 4.31 Å². The zero-order valence-electron chi connectivity index (χ0n) is 13.4. The Bertz CT molecular complexity index is 758. The number of nitrogens with zero attached hydrogens (tertiary/aromatic N) is 1. The largest absolute Gasteiger partial charge is 0.327 e. The molecule has 1 heterocycles. The highest BCUT2D eigenvalue weighted by Crippen LogP contribution is 2.31. The minimum Gasteiger partial charge on any atom is -0.327 e. The van der Waals surface area contributed by atoms with E-state index in [1.54, 1.807) is 0 Å². The lowest BCUT2D eigenvalue weighted by Crippen LogP contribution is -2.53. The minimum atomic E-state index is -3.64. The maximum atomic E-state index is 12.7. The summed E-state index contributed by atoms with van der Waals surface area (Å²) in [5.41, 5.74) is 5.74. The topological polar surface area (TPSA) is 97.5 Å². The summed E-state index contributed by atoms with van der Waals surface area (Å²) in [7, 11) is -6.98. The summed E-state index contributed by atoms with van der Waals surface area (Å²) in [6.45, 7) is 4.63. The quantitative estimate of drug-likeness (QED) is 0.848. The van der Waals surface area contributed by atoms with E-state index in [9.17, 15) is 16.8 Å². The second kappa shape index (κ2) is 6.68. The van der Waals surface area contributed by atoms with Crippen molar-refractivity contribution in [2.45, 2.75) is 36.1 Å². The van der Waals surface area contributed by atoms with Crippen LogP contribution in [0.5, 0.6) is 0 Å². The molecule has 0 radical (unpaired) electrons. The second-order valence-electron chi connectivity index (χ2n) is 6.47. The number of sulfone groups is 1. The van der Waals surface area contributed by atoms with Gasteiger partial charge in [-0.2, -0.15) is 4.31 Å². The molecule has 1 aliphatic heterocycles. The summed E-state index contributed by atoms with van der Waals surface area (Å²) in [6.07, 6.45) is 1.69. The third-order valence-corrected chi connectivity index (χ3v) is 7.15. The van der Waals surface area contributed by atoms with Crippen LogP contribution < -0.4 is 5.73 Å². The molecule has 2 rings (SSSR count). The van der Waals surface area contributed by atoms with Gasteiger partial charge in [-0.1, -0.05) is 13.8 Å². The van der Waals surface area contributed by atoms with Crippen LogP contribution in [0.25, 0.3) is 0 Å². The van der Waals surface area contributed by atoms with Gasteiger partial charge in [0.05, 0.1) is 9.79 Å². The molecule has 1 aromatic rings. The molecule has 9 heteroatoms. The lowest BCUT2D eigenvalue weighted by atomic mass is 9.81. The van der Waals surface area contributed by atoms with E-state index in [4.69, 9.17) is 5.73 Å². The van der Waals surface area contributed by atoms with Crippen molar-refractivity contribution in [2.24, 2.45) is 11.1 Å². The Morgan fingerprint density at radius 3 is 2.00 bits per heavy atom. The van der Waals surface area contributed by atoms with E-state index in [2.05, 4.69) is 0 Å².